The molecule has 0 spiro atoms. The largest absolute Gasteiger partial charge is 0.446 e. The highest BCUT2D eigenvalue weighted by Gasteiger charge is 2.36. The first-order chi connectivity index (χ1) is 11.5. The van der Waals surface area contributed by atoms with Gasteiger partial charge in [-0.15, -0.1) is 0 Å². The van der Waals surface area contributed by atoms with Crippen molar-refractivity contribution >= 4 is 14.3 Å². The highest BCUT2D eigenvalue weighted by atomic mass is 28.4. The first kappa shape index (κ1) is 21.2. The Morgan fingerprint density at radius 1 is 1.24 bits per heavy atom. The Morgan fingerprint density at radius 2 is 1.84 bits per heavy atom. The summed E-state index contributed by atoms with van der Waals surface area (Å²) in [5, 5.41) is 0.195. The van der Waals surface area contributed by atoms with Gasteiger partial charge in [0.05, 0.1) is 12.2 Å². The normalized spacial score (nSPS) is 13.6. The molecule has 0 heterocycles. The first-order valence-corrected chi connectivity index (χ1v) is 11.5. The summed E-state index contributed by atoms with van der Waals surface area (Å²) in [6, 6.07) is 8.93. The summed E-state index contributed by atoms with van der Waals surface area (Å²) in [5.74, 6) is 5.63. The summed E-state index contributed by atoms with van der Waals surface area (Å²) in [6.45, 7) is 15.4. The van der Waals surface area contributed by atoms with Gasteiger partial charge in [0.1, 0.15) is 0 Å². The number of hydrogen-bond acceptors (Lipinski definition) is 3. The van der Waals surface area contributed by atoms with Gasteiger partial charge in [-0.05, 0) is 55.8 Å². The molecule has 1 aromatic carbocycles. The van der Waals surface area contributed by atoms with Gasteiger partial charge < -0.3 is 9.16 Å². The average molecular weight is 359 g/mol. The maximum absolute atomic E-state index is 12.0. The minimum Gasteiger partial charge on any atom is -0.446 e. The van der Waals surface area contributed by atoms with Crippen molar-refractivity contribution in [3.63, 3.8) is 0 Å². The SMILES string of the molecule is C/C(C#CC(C)OC(=O)c1ccccc1)=C/CO[Si](C)(C)C(C)(C)C. The molecule has 0 bridgehead atoms. The molecule has 0 aliphatic heterocycles. The van der Waals surface area contributed by atoms with Crippen molar-refractivity contribution in [1.29, 1.82) is 0 Å². The van der Waals surface area contributed by atoms with Crippen LogP contribution in [0.4, 0.5) is 0 Å². The predicted molar refractivity (Wildman–Crippen MR) is 106 cm³/mol. The van der Waals surface area contributed by atoms with Gasteiger partial charge in [-0.25, -0.2) is 4.79 Å². The second kappa shape index (κ2) is 9.03. The van der Waals surface area contributed by atoms with E-state index in [1.54, 1.807) is 19.1 Å². The van der Waals surface area contributed by atoms with E-state index in [0.717, 1.165) is 5.57 Å². The van der Waals surface area contributed by atoms with Gasteiger partial charge in [0.25, 0.3) is 0 Å². The highest BCUT2D eigenvalue weighted by Crippen LogP contribution is 2.36. The van der Waals surface area contributed by atoms with Crippen molar-refractivity contribution in [2.75, 3.05) is 6.61 Å². The molecule has 0 saturated heterocycles. The van der Waals surface area contributed by atoms with E-state index in [9.17, 15) is 4.79 Å². The lowest BCUT2D eigenvalue weighted by Crippen LogP contribution is -2.40. The second-order valence-corrected chi connectivity index (χ2v) is 12.5. The van der Waals surface area contributed by atoms with Gasteiger partial charge in [0, 0.05) is 0 Å². The second-order valence-electron chi connectivity index (χ2n) is 7.64. The van der Waals surface area contributed by atoms with Crippen molar-refractivity contribution in [2.45, 2.75) is 58.9 Å². The standard InChI is InChI=1S/C21H30O3Si/c1-17(15-16-23-25(6,7)21(3,4)5)13-14-18(2)24-20(22)19-11-9-8-10-12-19/h8-12,15,18H,16H2,1-7H3/b17-15-. The van der Waals surface area contributed by atoms with Crippen LogP contribution in [0.1, 0.15) is 45.0 Å². The first-order valence-electron chi connectivity index (χ1n) is 8.61. The van der Waals surface area contributed by atoms with Gasteiger partial charge in [0.15, 0.2) is 14.4 Å². The van der Waals surface area contributed by atoms with E-state index in [2.05, 4.69) is 45.7 Å². The van der Waals surface area contributed by atoms with E-state index in [-0.39, 0.29) is 11.0 Å². The number of ether oxygens (including phenoxy) is 1. The quantitative estimate of drug-likeness (QED) is 0.412. The van der Waals surface area contributed by atoms with E-state index >= 15 is 0 Å². The minimum absolute atomic E-state index is 0.195. The van der Waals surface area contributed by atoms with Gasteiger partial charge in [-0.1, -0.05) is 50.8 Å². The molecule has 0 saturated carbocycles. The van der Waals surface area contributed by atoms with Gasteiger partial charge >= 0.3 is 5.97 Å². The zero-order chi connectivity index (χ0) is 19.1. The van der Waals surface area contributed by atoms with Crippen LogP contribution in [0.5, 0.6) is 0 Å². The number of allylic oxidation sites excluding steroid dienone is 1. The van der Waals surface area contributed by atoms with E-state index < -0.39 is 14.4 Å². The van der Waals surface area contributed by atoms with Crippen LogP contribution >= 0.6 is 0 Å². The zero-order valence-electron chi connectivity index (χ0n) is 16.5. The molecule has 1 atom stereocenters. The van der Waals surface area contributed by atoms with Crippen molar-refractivity contribution < 1.29 is 14.0 Å². The zero-order valence-corrected chi connectivity index (χ0v) is 17.5. The summed E-state index contributed by atoms with van der Waals surface area (Å²) < 4.78 is 11.4. The van der Waals surface area contributed by atoms with E-state index in [4.69, 9.17) is 9.16 Å². The molecule has 4 heteroatoms. The van der Waals surface area contributed by atoms with Crippen LogP contribution in [0.25, 0.3) is 0 Å². The molecular weight excluding hydrogens is 328 g/mol. The minimum atomic E-state index is -1.74. The fourth-order valence-corrected chi connectivity index (χ4v) is 2.62. The Bertz CT molecular complexity index is 658. The van der Waals surface area contributed by atoms with E-state index in [1.165, 1.54) is 0 Å². The number of esters is 1. The number of benzene rings is 1. The van der Waals surface area contributed by atoms with Gasteiger partial charge in [-0.2, -0.15) is 0 Å². The molecule has 3 nitrogen and oxygen atoms in total. The lowest BCUT2D eigenvalue weighted by Gasteiger charge is -2.35. The Morgan fingerprint density at radius 3 is 2.40 bits per heavy atom. The Labute approximate surface area is 153 Å². The van der Waals surface area contributed by atoms with Crippen LogP contribution in [0.2, 0.25) is 18.1 Å². The van der Waals surface area contributed by atoms with Crippen LogP contribution in [0.15, 0.2) is 42.0 Å². The molecule has 0 aromatic heterocycles. The average Bonchev–Trinajstić information content (AvgIpc) is 2.52. The molecule has 1 rings (SSSR count). The summed E-state index contributed by atoms with van der Waals surface area (Å²) in [5.41, 5.74) is 1.45. The monoisotopic (exact) mass is 358 g/mol. The van der Waals surface area contributed by atoms with Crippen molar-refractivity contribution in [3.05, 3.63) is 47.5 Å². The maximum atomic E-state index is 12.0. The Kier molecular flexibility index (Phi) is 7.66. The Hall–Kier alpha value is -1.83. The molecule has 0 aliphatic rings. The van der Waals surface area contributed by atoms with E-state index in [1.807, 2.05) is 31.2 Å². The van der Waals surface area contributed by atoms with Crippen LogP contribution in [-0.2, 0) is 9.16 Å². The van der Waals surface area contributed by atoms with E-state index in [0.29, 0.717) is 12.2 Å². The molecule has 0 fully saturated rings. The summed E-state index contributed by atoms with van der Waals surface area (Å²) in [6.07, 6.45) is 1.52. The number of carbonyl (C=O) groups is 1. The van der Waals surface area contributed by atoms with Gasteiger partial charge in [0.2, 0.25) is 0 Å². The summed E-state index contributed by atoms with van der Waals surface area (Å²) in [4.78, 5) is 12.0. The molecule has 25 heavy (non-hydrogen) atoms. The number of hydrogen-bond donors (Lipinski definition) is 0. The molecule has 1 aromatic rings. The lowest BCUT2D eigenvalue weighted by atomic mass is 10.2. The number of carbonyl (C=O) groups excluding carboxylic acids is 1. The number of rotatable bonds is 5. The molecular formula is C21H30O3Si. The third kappa shape index (κ3) is 7.29. The smallest absolute Gasteiger partial charge is 0.339 e. The lowest BCUT2D eigenvalue weighted by molar-refractivity contribution is 0.0438. The molecule has 0 aliphatic carbocycles. The van der Waals surface area contributed by atoms with Crippen LogP contribution in [0.3, 0.4) is 0 Å². The fraction of sp³-hybridized carbons (Fsp3) is 0.476. The van der Waals surface area contributed by atoms with Gasteiger partial charge in [-0.3, -0.25) is 0 Å². The third-order valence-corrected chi connectivity index (χ3v) is 8.91. The molecule has 0 amide bonds. The maximum Gasteiger partial charge on any atom is 0.339 e. The van der Waals surface area contributed by atoms with Crippen LogP contribution < -0.4 is 0 Å². The van der Waals surface area contributed by atoms with Crippen molar-refractivity contribution in [3.8, 4) is 11.8 Å². The molecule has 0 N–H and O–H groups in total. The van der Waals surface area contributed by atoms with Crippen molar-refractivity contribution in [2.24, 2.45) is 0 Å². The fourth-order valence-electron chi connectivity index (χ4n) is 1.69. The highest BCUT2D eigenvalue weighted by molar-refractivity contribution is 6.74. The topological polar surface area (TPSA) is 35.5 Å². The summed E-state index contributed by atoms with van der Waals surface area (Å²) >= 11 is 0. The summed E-state index contributed by atoms with van der Waals surface area (Å²) in [7, 11) is -1.74. The molecule has 1 unspecified atom stereocenters. The Balaban J connectivity index is 2.54. The van der Waals surface area contributed by atoms with Crippen LogP contribution in [0, 0.1) is 11.8 Å². The predicted octanol–water partition coefficient (Wildman–Crippen LogP) is 5.20. The molecule has 0 radical (unpaired) electrons. The third-order valence-electron chi connectivity index (χ3n) is 4.41. The molecule has 136 valence electrons. The van der Waals surface area contributed by atoms with Crippen molar-refractivity contribution in [1.82, 2.24) is 0 Å². The van der Waals surface area contributed by atoms with Crippen LogP contribution in [-0.4, -0.2) is 27.0 Å².